The molecule has 0 aromatic rings. The molecule has 0 aliphatic carbocycles. The van der Waals surface area contributed by atoms with Crippen molar-refractivity contribution < 1.29 is 128 Å². The summed E-state index contributed by atoms with van der Waals surface area (Å²) in [5, 5.41) is 0. The van der Waals surface area contributed by atoms with Gasteiger partial charge in [0.2, 0.25) is 0 Å². The van der Waals surface area contributed by atoms with Gasteiger partial charge in [0.05, 0.1) is 0 Å². The van der Waals surface area contributed by atoms with Crippen LogP contribution < -0.4 is 118 Å². The van der Waals surface area contributed by atoms with Crippen LogP contribution in [-0.2, 0) is 9.36 Å². The van der Waals surface area contributed by atoms with Crippen LogP contribution in [0.5, 0.6) is 0 Å². The predicted molar refractivity (Wildman–Crippen MR) is 22.9 cm³/mol. The van der Waals surface area contributed by atoms with Gasteiger partial charge >= 0.3 is 156 Å². The third kappa shape index (κ3) is 29.8. The molecular weight excluding hydrogens is 170 g/mol. The Morgan fingerprint density at radius 1 is 1.20 bits per heavy atom. The monoisotopic (exact) mass is 173 g/mol. The molecule has 0 atom stereocenters. The second-order valence-electron chi connectivity index (χ2n) is 0.575. The zero-order valence-electron chi connectivity index (χ0n) is 7.26. The zero-order chi connectivity index (χ0) is 4.83. The molecular formula is C2H3B2Na4O2+2. The van der Waals surface area contributed by atoms with E-state index >= 15 is 0 Å². The first-order valence-corrected chi connectivity index (χ1v) is 1.45. The fourth-order valence-corrected chi connectivity index (χ4v) is 0.0876. The first-order chi connectivity index (χ1) is 2.91. The summed E-state index contributed by atoms with van der Waals surface area (Å²) in [5.74, 6) is 0. The van der Waals surface area contributed by atoms with Gasteiger partial charge < -0.3 is 0 Å². The van der Waals surface area contributed by atoms with Crippen molar-refractivity contribution >= 4 is 14.6 Å². The van der Waals surface area contributed by atoms with Gasteiger partial charge in [0, 0.05) is 0 Å². The molecule has 2 nitrogen and oxygen atoms in total. The van der Waals surface area contributed by atoms with E-state index in [9.17, 15) is 4.70 Å². The van der Waals surface area contributed by atoms with Crippen molar-refractivity contribution in [2.24, 2.45) is 0 Å². The SMILES string of the molecule is [CH2-][B]O[CH-]B=O.[Na+].[Na+].[Na+].[Na+]. The maximum absolute atomic E-state index is 9.34. The minimum Gasteiger partial charge on any atom is 1.00 e. The van der Waals surface area contributed by atoms with Gasteiger partial charge in [-0.1, -0.05) is 0 Å². The Bertz CT molecular complexity index is 48.2. The fourth-order valence-electron chi connectivity index (χ4n) is 0.0876. The summed E-state index contributed by atoms with van der Waals surface area (Å²) >= 11 is 0. The Balaban J connectivity index is -0.0000000208. The molecule has 0 aliphatic rings. The van der Waals surface area contributed by atoms with Gasteiger partial charge in [-0.05, 0) is 0 Å². The maximum atomic E-state index is 9.34. The third-order valence-electron chi connectivity index (χ3n) is 0.230. The molecule has 0 aromatic heterocycles. The van der Waals surface area contributed by atoms with E-state index in [1.54, 1.807) is 0 Å². The number of rotatable bonds is 3. The Morgan fingerprint density at radius 2 is 1.60 bits per heavy atom. The smallest absolute Gasteiger partial charge is 1.00 e. The third-order valence-corrected chi connectivity index (χ3v) is 0.230. The average Bonchev–Trinajstić information content (AvgIpc) is 1.61. The van der Waals surface area contributed by atoms with E-state index < -0.39 is 0 Å². The van der Waals surface area contributed by atoms with Gasteiger partial charge in [-0.25, -0.2) is 0 Å². The molecule has 1 radical (unpaired) electrons. The van der Waals surface area contributed by atoms with Crippen LogP contribution in [0, 0.1) is 13.3 Å². The molecule has 31 valence electrons. The molecule has 0 N–H and O–H groups in total. The van der Waals surface area contributed by atoms with Crippen LogP contribution in [-0.4, -0.2) is 14.6 Å². The van der Waals surface area contributed by atoms with Crippen LogP contribution in [0.4, 0.5) is 0 Å². The van der Waals surface area contributed by atoms with Crippen LogP contribution in [0.25, 0.3) is 0 Å². The predicted octanol–water partition coefficient (Wildman–Crippen LogP) is -12.4. The summed E-state index contributed by atoms with van der Waals surface area (Å²) in [6, 6.07) is 0. The van der Waals surface area contributed by atoms with E-state index in [0.717, 1.165) is 6.51 Å². The largest absolute Gasteiger partial charge is 1.00 e. The van der Waals surface area contributed by atoms with Crippen LogP contribution >= 0.6 is 0 Å². The van der Waals surface area contributed by atoms with Crippen molar-refractivity contribution in [3.8, 4) is 0 Å². The number of hydrogen-bond acceptors (Lipinski definition) is 2. The van der Waals surface area contributed by atoms with Crippen LogP contribution in [0.1, 0.15) is 0 Å². The van der Waals surface area contributed by atoms with Gasteiger partial charge in [-0.2, -0.15) is 0 Å². The van der Waals surface area contributed by atoms with Crippen molar-refractivity contribution in [2.45, 2.75) is 0 Å². The topological polar surface area (TPSA) is 26.3 Å². The van der Waals surface area contributed by atoms with E-state index in [1.165, 1.54) is 7.48 Å². The molecule has 0 aliphatic heterocycles. The van der Waals surface area contributed by atoms with Crippen molar-refractivity contribution in [1.82, 2.24) is 0 Å². The summed E-state index contributed by atoms with van der Waals surface area (Å²) in [4.78, 5) is 0. The minimum absolute atomic E-state index is 0. The van der Waals surface area contributed by atoms with E-state index in [4.69, 9.17) is 0 Å². The van der Waals surface area contributed by atoms with Crippen molar-refractivity contribution in [1.29, 1.82) is 0 Å². The zero-order valence-corrected chi connectivity index (χ0v) is 15.3. The van der Waals surface area contributed by atoms with Gasteiger partial charge in [0.25, 0.3) is 0 Å². The Hall–Kier alpha value is 3.76. The number of hydrogen-bond donors (Lipinski definition) is 0. The van der Waals surface area contributed by atoms with Crippen molar-refractivity contribution in [2.75, 3.05) is 0 Å². The molecule has 0 bridgehead atoms. The second kappa shape index (κ2) is 29.3. The summed E-state index contributed by atoms with van der Waals surface area (Å²) in [6.07, 6.45) is 0. The first-order valence-electron chi connectivity index (χ1n) is 1.45. The minimum atomic E-state index is 0. The molecule has 0 amide bonds. The Labute approximate surface area is 152 Å². The molecule has 0 fully saturated rings. The van der Waals surface area contributed by atoms with E-state index in [0.29, 0.717) is 7.15 Å². The van der Waals surface area contributed by atoms with E-state index in [2.05, 4.69) is 11.5 Å². The summed E-state index contributed by atoms with van der Waals surface area (Å²) in [7, 11) is 1.72. The Kier molecular flexibility index (Phi) is 85.6. The van der Waals surface area contributed by atoms with Gasteiger partial charge in [-0.3, -0.25) is 0 Å². The van der Waals surface area contributed by atoms with Gasteiger partial charge in [0.15, 0.2) is 0 Å². The van der Waals surface area contributed by atoms with Crippen LogP contribution in [0.2, 0.25) is 0 Å². The maximum Gasteiger partial charge on any atom is 1.00 e. The van der Waals surface area contributed by atoms with Crippen molar-refractivity contribution in [3.05, 3.63) is 13.3 Å². The van der Waals surface area contributed by atoms with Gasteiger partial charge in [-0.15, -0.1) is 0 Å². The summed E-state index contributed by atoms with van der Waals surface area (Å²) in [6.45, 7) is 4.19. The quantitative estimate of drug-likeness (QED) is 0.240. The molecule has 8 heteroatoms. The van der Waals surface area contributed by atoms with E-state index in [1.807, 2.05) is 0 Å². The molecule has 0 saturated heterocycles. The molecule has 0 heterocycles. The standard InChI is InChI=1S/C2H3B2O2.4Na/c1-3-6-2-4-5;;;;/h2H,1H2;;;;/q-2;4*+1. The van der Waals surface area contributed by atoms with E-state index in [-0.39, 0.29) is 118 Å². The second-order valence-corrected chi connectivity index (χ2v) is 0.575. The molecule has 0 rings (SSSR count). The normalized spacial score (nSPS) is 3.70. The molecule has 0 aromatic carbocycles. The average molecular weight is 173 g/mol. The Morgan fingerprint density at radius 3 is 1.70 bits per heavy atom. The van der Waals surface area contributed by atoms with Crippen LogP contribution in [0.3, 0.4) is 0 Å². The van der Waals surface area contributed by atoms with Crippen LogP contribution in [0.15, 0.2) is 0 Å². The molecule has 10 heavy (non-hydrogen) atoms. The fraction of sp³-hybridized carbons (Fsp3) is 0. The molecule has 0 saturated carbocycles. The molecule has 0 unspecified atom stereocenters. The molecule has 0 spiro atoms. The summed E-state index contributed by atoms with van der Waals surface area (Å²) in [5.41, 5.74) is 0. The summed E-state index contributed by atoms with van der Waals surface area (Å²) < 4.78 is 13.6. The van der Waals surface area contributed by atoms with Gasteiger partial charge in [0.1, 0.15) is 0 Å². The van der Waals surface area contributed by atoms with Crippen molar-refractivity contribution in [3.63, 3.8) is 0 Å². The first kappa shape index (κ1) is 29.2.